The second-order valence-corrected chi connectivity index (χ2v) is 9.57. The number of hydrogen-bond donors (Lipinski definition) is 2. The van der Waals surface area contributed by atoms with Crippen molar-refractivity contribution in [2.45, 2.75) is 64.7 Å². The van der Waals surface area contributed by atoms with Crippen molar-refractivity contribution in [1.82, 2.24) is 25.4 Å². The maximum Gasteiger partial charge on any atom is 0.239 e. The van der Waals surface area contributed by atoms with Gasteiger partial charge >= 0.3 is 0 Å². The molecule has 0 aliphatic carbocycles. The first kappa shape index (κ1) is 21.7. The van der Waals surface area contributed by atoms with Gasteiger partial charge in [-0.3, -0.25) is 24.4 Å². The van der Waals surface area contributed by atoms with Crippen LogP contribution in [0.2, 0.25) is 0 Å². The van der Waals surface area contributed by atoms with Crippen LogP contribution in [0.4, 0.5) is 0 Å². The lowest BCUT2D eigenvalue weighted by Crippen LogP contribution is -2.51. The first-order chi connectivity index (χ1) is 13.7. The number of amides is 2. The van der Waals surface area contributed by atoms with Gasteiger partial charge in [-0.15, -0.1) is 0 Å². The topological polar surface area (TPSA) is 77.6 Å². The van der Waals surface area contributed by atoms with Gasteiger partial charge in [-0.25, -0.2) is 0 Å². The maximum atomic E-state index is 12.8. The number of hydrogen-bond acceptors (Lipinski definition) is 5. The van der Waals surface area contributed by atoms with Gasteiger partial charge in [0.2, 0.25) is 11.8 Å². The van der Waals surface area contributed by atoms with E-state index in [2.05, 4.69) is 53.2 Å². The van der Waals surface area contributed by atoms with Crippen LogP contribution in [-0.4, -0.2) is 71.4 Å². The predicted octanol–water partition coefficient (Wildman–Crippen LogP) is 1.40. The summed E-state index contributed by atoms with van der Waals surface area (Å²) in [6.45, 7) is 9.60. The lowest BCUT2D eigenvalue weighted by atomic mass is 9.95. The van der Waals surface area contributed by atoms with E-state index in [0.29, 0.717) is 19.5 Å². The van der Waals surface area contributed by atoms with E-state index in [9.17, 15) is 9.59 Å². The average Bonchev–Trinajstić information content (AvgIpc) is 3.03. The first-order valence-corrected chi connectivity index (χ1v) is 10.6. The normalized spacial score (nSPS) is 25.9. The van der Waals surface area contributed by atoms with Crippen LogP contribution in [0.25, 0.3) is 0 Å². The highest BCUT2D eigenvalue weighted by molar-refractivity contribution is 5.83. The van der Waals surface area contributed by atoms with Gasteiger partial charge in [0.1, 0.15) is 6.04 Å². The number of carbonyl (C=O) groups excluding carboxylic acids is 2. The van der Waals surface area contributed by atoms with E-state index in [1.54, 1.807) is 12.4 Å². The molecule has 7 nitrogen and oxygen atoms in total. The summed E-state index contributed by atoms with van der Waals surface area (Å²) in [6.07, 6.45) is 5.67. The average molecular weight is 402 g/mol. The van der Waals surface area contributed by atoms with Gasteiger partial charge in [-0.05, 0) is 36.9 Å². The predicted molar refractivity (Wildman–Crippen MR) is 113 cm³/mol. The Kier molecular flexibility index (Phi) is 6.90. The van der Waals surface area contributed by atoms with Crippen LogP contribution >= 0.6 is 0 Å². The summed E-state index contributed by atoms with van der Waals surface area (Å²) in [7, 11) is 2.11. The molecule has 0 radical (unpaired) electrons. The quantitative estimate of drug-likeness (QED) is 0.753. The fraction of sp³-hybridized carbons (Fsp3) is 0.682. The molecule has 1 aromatic rings. The Morgan fingerprint density at radius 2 is 2.17 bits per heavy atom. The molecule has 0 bridgehead atoms. The van der Waals surface area contributed by atoms with Crippen LogP contribution in [0.5, 0.6) is 0 Å². The first-order valence-electron chi connectivity index (χ1n) is 10.6. The second-order valence-electron chi connectivity index (χ2n) is 9.57. The van der Waals surface area contributed by atoms with Gasteiger partial charge in [0, 0.05) is 57.1 Å². The fourth-order valence-corrected chi connectivity index (χ4v) is 4.52. The molecular formula is C22H35N5O2. The smallest absolute Gasteiger partial charge is 0.239 e. The molecule has 0 unspecified atom stereocenters. The lowest BCUT2D eigenvalue weighted by Gasteiger charge is -2.34. The monoisotopic (exact) mass is 401 g/mol. The number of rotatable bonds is 6. The summed E-state index contributed by atoms with van der Waals surface area (Å²) in [5.74, 6) is 0.169. The van der Waals surface area contributed by atoms with Gasteiger partial charge in [0.25, 0.3) is 0 Å². The molecule has 2 N–H and O–H groups in total. The third kappa shape index (κ3) is 5.76. The minimum atomic E-state index is -0.0939. The van der Waals surface area contributed by atoms with Crippen LogP contribution in [0.1, 0.15) is 45.6 Å². The highest BCUT2D eigenvalue weighted by Crippen LogP contribution is 2.30. The number of aromatic nitrogens is 1. The molecular weight excluding hydrogens is 366 g/mol. The molecule has 0 spiro atoms. The number of likely N-dealkylation sites (N-methyl/N-ethyl adjacent to an activating group) is 1. The largest absolute Gasteiger partial charge is 0.353 e. The van der Waals surface area contributed by atoms with Crippen LogP contribution < -0.4 is 10.6 Å². The van der Waals surface area contributed by atoms with Gasteiger partial charge in [-0.1, -0.05) is 26.8 Å². The van der Waals surface area contributed by atoms with Crippen LogP contribution in [0.3, 0.4) is 0 Å². The number of nitrogens with zero attached hydrogens (tertiary/aromatic N) is 3. The maximum absolute atomic E-state index is 12.8. The standard InChI is InChI=1S/C22H35N5O2/c1-22(2,3)15-27-11-9-18-20(27)21(29)25-14-17(26(18)4)7-8-19(28)24-13-16-6-5-10-23-12-16/h5-6,10,12,17-18,20H,7-9,11,13-15H2,1-4H3,(H,24,28)(H,25,29)/t17-,18-,20-/m0/s1. The van der Waals surface area contributed by atoms with Crippen molar-refractivity contribution in [3.63, 3.8) is 0 Å². The number of fused-ring (bicyclic) bond motifs is 1. The third-order valence-corrected chi connectivity index (χ3v) is 5.94. The molecule has 2 aliphatic rings. The molecule has 2 saturated heterocycles. The summed E-state index contributed by atoms with van der Waals surface area (Å²) in [6, 6.07) is 4.11. The molecule has 3 atom stereocenters. The van der Waals surface area contributed by atoms with Crippen molar-refractivity contribution in [2.75, 3.05) is 26.7 Å². The Hall–Kier alpha value is -1.99. The van der Waals surface area contributed by atoms with E-state index in [-0.39, 0.29) is 35.4 Å². The summed E-state index contributed by atoms with van der Waals surface area (Å²) in [5.41, 5.74) is 1.15. The Labute approximate surface area is 174 Å². The third-order valence-electron chi connectivity index (χ3n) is 5.94. The molecule has 2 amide bonds. The van der Waals surface area contributed by atoms with Crippen molar-refractivity contribution in [3.8, 4) is 0 Å². The van der Waals surface area contributed by atoms with Crippen LogP contribution in [0, 0.1) is 5.41 Å². The van der Waals surface area contributed by atoms with Crippen LogP contribution in [0.15, 0.2) is 24.5 Å². The summed E-state index contributed by atoms with van der Waals surface area (Å²) >= 11 is 0. The van der Waals surface area contributed by atoms with Crippen LogP contribution in [-0.2, 0) is 16.1 Å². The lowest BCUT2D eigenvalue weighted by molar-refractivity contribution is -0.126. The number of likely N-dealkylation sites (tertiary alicyclic amines) is 1. The molecule has 1 aromatic heterocycles. The summed E-state index contributed by atoms with van der Waals surface area (Å²) in [4.78, 5) is 33.9. The molecule has 2 aliphatic heterocycles. The molecule has 0 saturated carbocycles. The number of nitrogens with one attached hydrogen (secondary N) is 2. The Bertz CT molecular complexity index is 703. The zero-order valence-electron chi connectivity index (χ0n) is 18.1. The summed E-state index contributed by atoms with van der Waals surface area (Å²) in [5, 5.41) is 6.10. The number of carbonyl (C=O) groups is 2. The van der Waals surface area contributed by atoms with Gasteiger partial charge in [-0.2, -0.15) is 0 Å². The number of pyridine rings is 1. The minimum absolute atomic E-state index is 0.0372. The molecule has 0 aromatic carbocycles. The van der Waals surface area contributed by atoms with Crippen molar-refractivity contribution >= 4 is 11.8 Å². The van der Waals surface area contributed by atoms with Gasteiger partial charge in [0.15, 0.2) is 0 Å². The zero-order valence-corrected chi connectivity index (χ0v) is 18.1. The van der Waals surface area contributed by atoms with Crippen molar-refractivity contribution in [2.24, 2.45) is 5.41 Å². The van der Waals surface area contributed by atoms with E-state index in [1.165, 1.54) is 0 Å². The Balaban J connectivity index is 1.54. The molecule has 29 heavy (non-hydrogen) atoms. The van der Waals surface area contributed by atoms with E-state index >= 15 is 0 Å². The second kappa shape index (κ2) is 9.22. The molecule has 160 valence electrons. The van der Waals surface area contributed by atoms with Gasteiger partial charge < -0.3 is 10.6 Å². The minimum Gasteiger partial charge on any atom is -0.353 e. The van der Waals surface area contributed by atoms with Crippen molar-refractivity contribution in [3.05, 3.63) is 30.1 Å². The molecule has 2 fully saturated rings. The zero-order chi connectivity index (χ0) is 21.0. The van der Waals surface area contributed by atoms with E-state index in [1.807, 2.05) is 12.1 Å². The molecule has 3 heterocycles. The van der Waals surface area contributed by atoms with Gasteiger partial charge in [0.05, 0.1) is 0 Å². The Morgan fingerprint density at radius 1 is 1.38 bits per heavy atom. The highest BCUT2D eigenvalue weighted by Gasteiger charge is 2.45. The SMILES string of the molecule is CN1[C@@H](CCC(=O)NCc2cccnc2)CNC(=O)[C@@H]2[C@@H]1CCN2CC(C)(C)C. The van der Waals surface area contributed by atoms with E-state index < -0.39 is 0 Å². The van der Waals surface area contributed by atoms with Crippen molar-refractivity contribution < 1.29 is 9.59 Å². The fourth-order valence-electron chi connectivity index (χ4n) is 4.52. The summed E-state index contributed by atoms with van der Waals surface area (Å²) < 4.78 is 0. The molecule has 3 rings (SSSR count). The van der Waals surface area contributed by atoms with E-state index in [4.69, 9.17) is 0 Å². The Morgan fingerprint density at radius 3 is 2.86 bits per heavy atom. The molecule has 7 heteroatoms. The highest BCUT2D eigenvalue weighted by atomic mass is 16.2. The van der Waals surface area contributed by atoms with Crippen molar-refractivity contribution in [1.29, 1.82) is 0 Å². The van der Waals surface area contributed by atoms with E-state index in [0.717, 1.165) is 31.5 Å².